The third kappa shape index (κ3) is 3.00. The smallest absolute Gasteiger partial charge is 0.0224 e. The van der Waals surface area contributed by atoms with Gasteiger partial charge in [0.05, 0.1) is 0 Å². The van der Waals surface area contributed by atoms with Crippen LogP contribution in [0.3, 0.4) is 0 Å². The van der Waals surface area contributed by atoms with E-state index in [4.69, 9.17) is 0 Å². The minimum atomic E-state index is 0.837. The largest absolute Gasteiger partial charge is 0.298 e. The van der Waals surface area contributed by atoms with Crippen molar-refractivity contribution in [1.82, 2.24) is 9.80 Å². The van der Waals surface area contributed by atoms with E-state index in [2.05, 4.69) is 23.6 Å². The van der Waals surface area contributed by atoms with Gasteiger partial charge in [-0.25, -0.2) is 0 Å². The minimum Gasteiger partial charge on any atom is -0.298 e. The molecular weight excluding hydrogens is 232 g/mol. The van der Waals surface area contributed by atoms with Gasteiger partial charge in [-0.2, -0.15) is 0 Å². The summed E-state index contributed by atoms with van der Waals surface area (Å²) in [5.74, 6) is 1.95. The van der Waals surface area contributed by atoms with E-state index >= 15 is 0 Å². The number of nitrogens with zero attached hydrogens (tertiary/aromatic N) is 2. The second-order valence-corrected chi connectivity index (χ2v) is 7.33. The fourth-order valence-corrected chi connectivity index (χ4v) is 4.72. The molecule has 1 saturated carbocycles. The van der Waals surface area contributed by atoms with Gasteiger partial charge in [0.25, 0.3) is 0 Å². The molecule has 3 rings (SSSR count). The van der Waals surface area contributed by atoms with Crippen molar-refractivity contribution in [3.05, 3.63) is 0 Å². The predicted molar refractivity (Wildman–Crippen MR) is 81.4 cm³/mol. The van der Waals surface area contributed by atoms with E-state index in [1.807, 2.05) is 0 Å². The van der Waals surface area contributed by atoms with Gasteiger partial charge >= 0.3 is 0 Å². The Morgan fingerprint density at radius 2 is 1.84 bits per heavy atom. The third-order valence-corrected chi connectivity index (χ3v) is 6.14. The molecular formula is C17H32N2. The van der Waals surface area contributed by atoms with Crippen LogP contribution in [0.25, 0.3) is 0 Å². The Labute approximate surface area is 119 Å². The standard InChI is InChI=1S/C17H32N2/c1-3-16-12-18-10-6-9-17(18)13-19(16)11-15-8-5-4-7-14(15)2/h14-17H,3-13H2,1-2H3. The predicted octanol–water partition coefficient (Wildman–Crippen LogP) is 3.37. The van der Waals surface area contributed by atoms with E-state index in [1.54, 1.807) is 0 Å². The summed E-state index contributed by atoms with van der Waals surface area (Å²) in [7, 11) is 0. The number of rotatable bonds is 3. The van der Waals surface area contributed by atoms with Gasteiger partial charge in [-0.05, 0) is 44.1 Å². The third-order valence-electron chi connectivity index (χ3n) is 6.14. The van der Waals surface area contributed by atoms with Crippen molar-refractivity contribution in [2.45, 2.75) is 70.9 Å². The Morgan fingerprint density at radius 1 is 1.00 bits per heavy atom. The van der Waals surface area contributed by atoms with Gasteiger partial charge < -0.3 is 0 Å². The Balaban J connectivity index is 1.61. The molecule has 4 unspecified atom stereocenters. The maximum absolute atomic E-state index is 2.87. The fourth-order valence-electron chi connectivity index (χ4n) is 4.72. The summed E-state index contributed by atoms with van der Waals surface area (Å²) in [4.78, 5) is 5.65. The molecule has 2 heteroatoms. The molecule has 2 saturated heterocycles. The zero-order valence-electron chi connectivity index (χ0n) is 13.0. The average Bonchev–Trinajstić information content (AvgIpc) is 2.87. The summed E-state index contributed by atoms with van der Waals surface area (Å²) < 4.78 is 0. The molecule has 110 valence electrons. The van der Waals surface area contributed by atoms with Crippen molar-refractivity contribution in [3.8, 4) is 0 Å². The summed E-state index contributed by atoms with van der Waals surface area (Å²) in [5.41, 5.74) is 0. The highest BCUT2D eigenvalue weighted by Crippen LogP contribution is 2.33. The van der Waals surface area contributed by atoms with Crippen molar-refractivity contribution in [3.63, 3.8) is 0 Å². The van der Waals surface area contributed by atoms with E-state index in [9.17, 15) is 0 Å². The van der Waals surface area contributed by atoms with Gasteiger partial charge in [-0.1, -0.05) is 33.1 Å². The summed E-state index contributed by atoms with van der Waals surface area (Å²) in [6, 6.07) is 1.73. The number of fused-ring (bicyclic) bond motifs is 1. The van der Waals surface area contributed by atoms with E-state index in [1.165, 1.54) is 71.1 Å². The monoisotopic (exact) mass is 264 g/mol. The molecule has 2 nitrogen and oxygen atoms in total. The zero-order valence-corrected chi connectivity index (χ0v) is 13.0. The summed E-state index contributed by atoms with van der Waals surface area (Å²) in [5, 5.41) is 0. The first-order valence-corrected chi connectivity index (χ1v) is 8.76. The summed E-state index contributed by atoms with van der Waals surface area (Å²) in [6.07, 6.45) is 10.2. The molecule has 3 aliphatic rings. The van der Waals surface area contributed by atoms with Crippen molar-refractivity contribution in [2.75, 3.05) is 26.2 Å². The Hall–Kier alpha value is -0.0800. The molecule has 0 N–H and O–H groups in total. The van der Waals surface area contributed by atoms with Gasteiger partial charge in [0.2, 0.25) is 0 Å². The van der Waals surface area contributed by atoms with Gasteiger partial charge in [-0.3, -0.25) is 9.80 Å². The van der Waals surface area contributed by atoms with E-state index in [0.717, 1.165) is 23.9 Å². The lowest BCUT2D eigenvalue weighted by atomic mass is 9.80. The lowest BCUT2D eigenvalue weighted by molar-refractivity contribution is 0.0263. The highest BCUT2D eigenvalue weighted by atomic mass is 15.3. The van der Waals surface area contributed by atoms with Crippen LogP contribution in [-0.2, 0) is 0 Å². The molecule has 4 atom stereocenters. The van der Waals surface area contributed by atoms with Crippen LogP contribution in [0, 0.1) is 11.8 Å². The molecule has 2 aliphatic heterocycles. The van der Waals surface area contributed by atoms with Crippen LogP contribution in [0.1, 0.15) is 58.8 Å². The topological polar surface area (TPSA) is 6.48 Å². The van der Waals surface area contributed by atoms with Crippen LogP contribution in [-0.4, -0.2) is 48.1 Å². The molecule has 0 radical (unpaired) electrons. The summed E-state index contributed by atoms with van der Waals surface area (Å²) in [6.45, 7) is 10.4. The summed E-state index contributed by atoms with van der Waals surface area (Å²) >= 11 is 0. The van der Waals surface area contributed by atoms with Crippen LogP contribution in [0.5, 0.6) is 0 Å². The van der Waals surface area contributed by atoms with Crippen LogP contribution >= 0.6 is 0 Å². The second kappa shape index (κ2) is 6.13. The molecule has 0 aromatic heterocycles. The quantitative estimate of drug-likeness (QED) is 0.771. The molecule has 2 heterocycles. The second-order valence-electron chi connectivity index (χ2n) is 7.33. The van der Waals surface area contributed by atoms with Crippen molar-refractivity contribution < 1.29 is 0 Å². The highest BCUT2D eigenvalue weighted by Gasteiger charge is 2.36. The van der Waals surface area contributed by atoms with Crippen LogP contribution in [0.15, 0.2) is 0 Å². The molecule has 0 bridgehead atoms. The Bertz CT molecular complexity index is 291. The minimum absolute atomic E-state index is 0.837. The molecule has 0 amide bonds. The normalized spacial score (nSPS) is 41.4. The van der Waals surface area contributed by atoms with Gasteiger partial charge in [0.1, 0.15) is 0 Å². The molecule has 1 aliphatic carbocycles. The van der Waals surface area contributed by atoms with E-state index in [-0.39, 0.29) is 0 Å². The van der Waals surface area contributed by atoms with Crippen molar-refractivity contribution in [1.29, 1.82) is 0 Å². The van der Waals surface area contributed by atoms with Gasteiger partial charge in [-0.15, -0.1) is 0 Å². The molecule has 0 spiro atoms. The first-order chi connectivity index (χ1) is 9.28. The molecule has 0 aromatic rings. The molecule has 3 fully saturated rings. The van der Waals surface area contributed by atoms with Crippen LogP contribution in [0.2, 0.25) is 0 Å². The SMILES string of the molecule is CCC1CN2CCCC2CN1CC1CCCCC1C. The maximum atomic E-state index is 2.87. The fraction of sp³-hybridized carbons (Fsp3) is 1.00. The van der Waals surface area contributed by atoms with Crippen molar-refractivity contribution in [2.24, 2.45) is 11.8 Å². The number of piperazine rings is 1. The van der Waals surface area contributed by atoms with Crippen LogP contribution in [0.4, 0.5) is 0 Å². The average molecular weight is 264 g/mol. The Kier molecular flexibility index (Phi) is 4.48. The molecule has 19 heavy (non-hydrogen) atoms. The van der Waals surface area contributed by atoms with Gasteiger partial charge in [0.15, 0.2) is 0 Å². The maximum Gasteiger partial charge on any atom is 0.0224 e. The number of hydrogen-bond donors (Lipinski definition) is 0. The number of hydrogen-bond acceptors (Lipinski definition) is 2. The molecule has 0 aromatic carbocycles. The van der Waals surface area contributed by atoms with Crippen molar-refractivity contribution >= 4 is 0 Å². The van der Waals surface area contributed by atoms with Gasteiger partial charge in [0, 0.05) is 31.7 Å². The lowest BCUT2D eigenvalue weighted by Gasteiger charge is -2.46. The Morgan fingerprint density at radius 3 is 2.63 bits per heavy atom. The zero-order chi connectivity index (χ0) is 13.2. The van der Waals surface area contributed by atoms with E-state index in [0.29, 0.717) is 0 Å². The van der Waals surface area contributed by atoms with E-state index < -0.39 is 0 Å². The first-order valence-electron chi connectivity index (χ1n) is 8.76. The first kappa shape index (κ1) is 13.9. The highest BCUT2D eigenvalue weighted by molar-refractivity contribution is 4.92. The lowest BCUT2D eigenvalue weighted by Crippen LogP contribution is -2.57. The van der Waals surface area contributed by atoms with Crippen LogP contribution < -0.4 is 0 Å².